The Hall–Kier alpha value is -1.03. The summed E-state index contributed by atoms with van der Waals surface area (Å²) < 4.78 is 32.0. The second-order valence-electron chi connectivity index (χ2n) is 12.0. The Morgan fingerprint density at radius 2 is 1.14 bits per heavy atom. The highest BCUT2D eigenvalue weighted by atomic mass is 31.2. The SMILES string of the molecule is CCCCCCCCCCCC(=O)O[C@H](COCOCCCCCCCCCCCCCCCNC(C)=O)COP(=O)(O)O. The average Bonchev–Trinajstić information content (AvgIpc) is 2.97. The summed E-state index contributed by atoms with van der Waals surface area (Å²) in [6, 6.07) is 0. The van der Waals surface area contributed by atoms with Crippen LogP contribution in [0, 0.1) is 0 Å². The van der Waals surface area contributed by atoms with Crippen molar-refractivity contribution in [1.29, 1.82) is 0 Å². The number of ether oxygens (including phenoxy) is 3. The van der Waals surface area contributed by atoms with Gasteiger partial charge in [0.1, 0.15) is 12.9 Å². The van der Waals surface area contributed by atoms with Crippen LogP contribution in [0.2, 0.25) is 0 Å². The van der Waals surface area contributed by atoms with Crippen LogP contribution >= 0.6 is 7.82 Å². The van der Waals surface area contributed by atoms with Crippen molar-refractivity contribution in [3.63, 3.8) is 0 Å². The highest BCUT2D eigenvalue weighted by molar-refractivity contribution is 7.46. The fraction of sp³-hybridized carbons (Fsp3) is 0.939. The van der Waals surface area contributed by atoms with Crippen molar-refractivity contribution in [2.45, 2.75) is 168 Å². The lowest BCUT2D eigenvalue weighted by Crippen LogP contribution is -2.28. The van der Waals surface area contributed by atoms with Gasteiger partial charge in [-0.2, -0.15) is 0 Å². The minimum absolute atomic E-state index is 0.0253. The predicted octanol–water partition coefficient (Wildman–Crippen LogP) is 8.13. The minimum atomic E-state index is -4.68. The second-order valence-corrected chi connectivity index (χ2v) is 13.2. The molecule has 0 aromatic rings. The molecule has 262 valence electrons. The lowest BCUT2D eigenvalue weighted by atomic mass is 10.0. The molecule has 3 N–H and O–H groups in total. The lowest BCUT2D eigenvalue weighted by Gasteiger charge is -2.18. The van der Waals surface area contributed by atoms with Gasteiger partial charge >= 0.3 is 13.8 Å². The van der Waals surface area contributed by atoms with Crippen LogP contribution in [0.25, 0.3) is 0 Å². The number of esters is 1. The number of carbonyl (C=O) groups excluding carboxylic acids is 2. The summed E-state index contributed by atoms with van der Waals surface area (Å²) in [7, 11) is -4.68. The van der Waals surface area contributed by atoms with E-state index in [1.165, 1.54) is 103 Å². The van der Waals surface area contributed by atoms with Gasteiger partial charge in [0.2, 0.25) is 5.91 Å². The summed E-state index contributed by atoms with van der Waals surface area (Å²) in [5.74, 6) is -0.357. The van der Waals surface area contributed by atoms with Crippen LogP contribution in [0.3, 0.4) is 0 Å². The number of rotatable bonds is 34. The highest BCUT2D eigenvalue weighted by Crippen LogP contribution is 2.35. The van der Waals surface area contributed by atoms with E-state index in [2.05, 4.69) is 16.8 Å². The van der Waals surface area contributed by atoms with Crippen LogP contribution < -0.4 is 5.32 Å². The normalized spacial score (nSPS) is 12.4. The van der Waals surface area contributed by atoms with Crippen LogP contribution in [0.5, 0.6) is 0 Å². The molecule has 0 aromatic heterocycles. The summed E-state index contributed by atoms with van der Waals surface area (Å²) in [6.45, 7) is 4.68. The summed E-state index contributed by atoms with van der Waals surface area (Å²) in [4.78, 5) is 41.1. The van der Waals surface area contributed by atoms with E-state index in [0.717, 1.165) is 45.1 Å². The van der Waals surface area contributed by atoms with Crippen molar-refractivity contribution < 1.29 is 42.7 Å². The Balaban J connectivity index is 3.71. The highest BCUT2D eigenvalue weighted by Gasteiger charge is 2.21. The maximum atomic E-state index is 12.2. The molecule has 44 heavy (non-hydrogen) atoms. The molecular weight excluding hydrogens is 585 g/mol. The molecule has 1 atom stereocenters. The molecule has 0 radical (unpaired) electrons. The maximum Gasteiger partial charge on any atom is 0.469 e. The molecule has 0 spiro atoms. The number of phosphoric ester groups is 1. The van der Waals surface area contributed by atoms with E-state index in [4.69, 9.17) is 24.0 Å². The van der Waals surface area contributed by atoms with Gasteiger partial charge in [-0.15, -0.1) is 0 Å². The van der Waals surface area contributed by atoms with Crippen molar-refractivity contribution in [3.05, 3.63) is 0 Å². The molecule has 0 unspecified atom stereocenters. The van der Waals surface area contributed by atoms with E-state index in [0.29, 0.717) is 6.61 Å². The molecule has 0 aliphatic heterocycles. The molecule has 0 fully saturated rings. The Morgan fingerprint density at radius 1 is 0.659 bits per heavy atom. The molecular formula is C33H66NO9P. The van der Waals surface area contributed by atoms with Gasteiger partial charge in [0.05, 0.1) is 13.2 Å². The molecule has 0 heterocycles. The zero-order valence-corrected chi connectivity index (χ0v) is 29.0. The zero-order valence-electron chi connectivity index (χ0n) is 28.1. The third-order valence-electron chi connectivity index (χ3n) is 7.52. The van der Waals surface area contributed by atoms with Gasteiger partial charge in [-0.3, -0.25) is 14.1 Å². The summed E-state index contributed by atoms with van der Waals surface area (Å²) in [6.07, 6.45) is 25.4. The molecule has 0 bridgehead atoms. The van der Waals surface area contributed by atoms with Crippen molar-refractivity contribution in [2.75, 3.05) is 33.2 Å². The minimum Gasteiger partial charge on any atom is -0.457 e. The molecule has 10 nitrogen and oxygen atoms in total. The number of carbonyl (C=O) groups is 2. The lowest BCUT2D eigenvalue weighted by molar-refractivity contribution is -0.158. The predicted molar refractivity (Wildman–Crippen MR) is 175 cm³/mol. The first-order chi connectivity index (χ1) is 21.2. The van der Waals surface area contributed by atoms with Gasteiger partial charge < -0.3 is 29.3 Å². The summed E-state index contributed by atoms with van der Waals surface area (Å²) in [5, 5.41) is 2.84. The standard InChI is InChI=1S/C33H66NO9P/c1-3-4-5-6-7-13-16-19-22-25-33(36)43-32(29-42-44(37,38)39)28-41-30-40-27-24-21-18-15-12-10-8-9-11-14-17-20-23-26-34-31(2)35/h32H,3-30H2,1-2H3,(H,34,35)(H2,37,38,39)/t32-/m1/s1. The van der Waals surface area contributed by atoms with Gasteiger partial charge in [-0.05, 0) is 19.3 Å². The quantitative estimate of drug-likeness (QED) is 0.0272. The van der Waals surface area contributed by atoms with Crippen LogP contribution in [-0.4, -0.2) is 60.9 Å². The van der Waals surface area contributed by atoms with Gasteiger partial charge in [-0.1, -0.05) is 129 Å². The summed E-state index contributed by atoms with van der Waals surface area (Å²) >= 11 is 0. The van der Waals surface area contributed by atoms with Gasteiger partial charge in [0, 0.05) is 26.5 Å². The van der Waals surface area contributed by atoms with Crippen LogP contribution in [0.15, 0.2) is 0 Å². The Labute approximate surface area is 268 Å². The number of hydrogen-bond donors (Lipinski definition) is 3. The topological polar surface area (TPSA) is 141 Å². The number of phosphoric acid groups is 1. The first-order valence-electron chi connectivity index (χ1n) is 17.5. The van der Waals surface area contributed by atoms with Crippen LogP contribution in [0.1, 0.15) is 162 Å². The molecule has 11 heteroatoms. The average molecular weight is 652 g/mol. The fourth-order valence-corrected chi connectivity index (χ4v) is 5.32. The second kappa shape index (κ2) is 31.9. The number of amides is 1. The van der Waals surface area contributed by atoms with E-state index in [1.54, 1.807) is 6.92 Å². The zero-order chi connectivity index (χ0) is 32.6. The Kier molecular flexibility index (Phi) is 31.2. The molecule has 1 amide bonds. The van der Waals surface area contributed by atoms with Gasteiger partial charge in [0.15, 0.2) is 0 Å². The Bertz CT molecular complexity index is 705. The van der Waals surface area contributed by atoms with E-state index in [9.17, 15) is 14.2 Å². The van der Waals surface area contributed by atoms with E-state index >= 15 is 0 Å². The van der Waals surface area contributed by atoms with Crippen molar-refractivity contribution >= 4 is 19.7 Å². The molecule has 0 aromatic carbocycles. The number of nitrogens with one attached hydrogen (secondary N) is 1. The van der Waals surface area contributed by atoms with Crippen molar-refractivity contribution in [2.24, 2.45) is 0 Å². The van der Waals surface area contributed by atoms with Gasteiger partial charge in [0.25, 0.3) is 0 Å². The molecule has 0 saturated heterocycles. The van der Waals surface area contributed by atoms with Crippen LogP contribution in [-0.2, 0) is 32.9 Å². The molecule has 0 rings (SSSR count). The number of unbranched alkanes of at least 4 members (excludes halogenated alkanes) is 20. The first kappa shape index (κ1) is 43.0. The number of hydrogen-bond acceptors (Lipinski definition) is 7. The molecule has 0 saturated carbocycles. The first-order valence-corrected chi connectivity index (χ1v) is 19.1. The Morgan fingerprint density at radius 3 is 1.64 bits per heavy atom. The maximum absolute atomic E-state index is 12.2. The van der Waals surface area contributed by atoms with Crippen molar-refractivity contribution in [1.82, 2.24) is 5.32 Å². The largest absolute Gasteiger partial charge is 0.469 e. The van der Waals surface area contributed by atoms with Crippen molar-refractivity contribution in [3.8, 4) is 0 Å². The third-order valence-corrected chi connectivity index (χ3v) is 8.01. The van der Waals surface area contributed by atoms with E-state index in [1.807, 2.05) is 0 Å². The molecule has 0 aliphatic rings. The van der Waals surface area contributed by atoms with Gasteiger partial charge in [-0.25, -0.2) is 4.57 Å². The summed E-state index contributed by atoms with van der Waals surface area (Å²) in [5.41, 5.74) is 0. The monoisotopic (exact) mass is 651 g/mol. The van der Waals surface area contributed by atoms with E-state index in [-0.39, 0.29) is 25.7 Å². The third kappa shape index (κ3) is 35.4. The molecule has 0 aliphatic carbocycles. The van der Waals surface area contributed by atoms with Crippen LogP contribution in [0.4, 0.5) is 0 Å². The fourth-order valence-electron chi connectivity index (χ4n) is 4.96. The van der Waals surface area contributed by atoms with E-state index < -0.39 is 26.5 Å². The smallest absolute Gasteiger partial charge is 0.457 e.